The molecule has 2 atom stereocenters. The summed E-state index contributed by atoms with van der Waals surface area (Å²) in [6, 6.07) is 0.212. The van der Waals surface area contributed by atoms with Crippen LogP contribution >= 0.6 is 12.4 Å². The van der Waals surface area contributed by atoms with Gasteiger partial charge in [-0.1, -0.05) is 0 Å². The van der Waals surface area contributed by atoms with Crippen molar-refractivity contribution in [2.24, 2.45) is 11.7 Å². The van der Waals surface area contributed by atoms with E-state index in [1.54, 1.807) is 0 Å². The molecule has 1 rings (SSSR count). The molecule has 0 aromatic carbocycles. The molecule has 2 N–H and O–H groups in total. The Morgan fingerprint density at radius 3 is 2.55 bits per heavy atom. The van der Waals surface area contributed by atoms with Crippen LogP contribution in [0.5, 0.6) is 0 Å². The van der Waals surface area contributed by atoms with Gasteiger partial charge in [0.2, 0.25) is 0 Å². The van der Waals surface area contributed by atoms with Crippen molar-refractivity contribution in [1.29, 1.82) is 0 Å². The first-order valence-corrected chi connectivity index (χ1v) is 3.57. The molecule has 0 bridgehead atoms. The topological polar surface area (TPSA) is 52.3 Å². The zero-order valence-electron chi connectivity index (χ0n) is 6.58. The molecule has 0 aliphatic heterocycles. The van der Waals surface area contributed by atoms with Crippen LogP contribution in [-0.4, -0.2) is 19.1 Å². The SMILES string of the molecule is COC(=O)[C@@H]1CC[C@@H](N)C1.Cl. The second kappa shape index (κ2) is 4.57. The average Bonchev–Trinajstić information content (AvgIpc) is 2.34. The predicted octanol–water partition coefficient (Wildman–Crippen LogP) is 0.709. The Kier molecular flexibility index (Phi) is 4.45. The lowest BCUT2D eigenvalue weighted by Gasteiger charge is -2.04. The van der Waals surface area contributed by atoms with Crippen molar-refractivity contribution in [3.8, 4) is 0 Å². The van der Waals surface area contributed by atoms with Crippen LogP contribution in [0, 0.1) is 5.92 Å². The van der Waals surface area contributed by atoms with Gasteiger partial charge >= 0.3 is 5.97 Å². The number of hydrogen-bond donors (Lipinski definition) is 1. The lowest BCUT2D eigenvalue weighted by atomic mass is 10.1. The maximum Gasteiger partial charge on any atom is 0.308 e. The van der Waals surface area contributed by atoms with Crippen LogP contribution in [0.3, 0.4) is 0 Å². The van der Waals surface area contributed by atoms with Gasteiger partial charge in [0.05, 0.1) is 13.0 Å². The molecule has 1 saturated carbocycles. The lowest BCUT2D eigenvalue weighted by molar-refractivity contribution is -0.145. The normalized spacial score (nSPS) is 29.3. The molecule has 0 heterocycles. The van der Waals surface area contributed by atoms with E-state index in [-0.39, 0.29) is 30.3 Å². The fourth-order valence-corrected chi connectivity index (χ4v) is 1.40. The van der Waals surface area contributed by atoms with Gasteiger partial charge in [0.25, 0.3) is 0 Å². The van der Waals surface area contributed by atoms with E-state index in [4.69, 9.17) is 5.73 Å². The summed E-state index contributed by atoms with van der Waals surface area (Å²) < 4.78 is 4.59. The number of hydrogen-bond acceptors (Lipinski definition) is 3. The summed E-state index contributed by atoms with van der Waals surface area (Å²) in [5.74, 6) is -0.0343. The first-order valence-electron chi connectivity index (χ1n) is 3.57. The van der Waals surface area contributed by atoms with Crippen molar-refractivity contribution in [2.75, 3.05) is 7.11 Å². The van der Waals surface area contributed by atoms with Crippen molar-refractivity contribution in [3.63, 3.8) is 0 Å². The predicted molar refractivity (Wildman–Crippen MR) is 44.6 cm³/mol. The van der Waals surface area contributed by atoms with Crippen LogP contribution < -0.4 is 5.73 Å². The van der Waals surface area contributed by atoms with E-state index in [0.29, 0.717) is 0 Å². The lowest BCUT2D eigenvalue weighted by Crippen LogP contribution is -2.18. The minimum Gasteiger partial charge on any atom is -0.469 e. The summed E-state index contributed by atoms with van der Waals surface area (Å²) in [4.78, 5) is 10.9. The third kappa shape index (κ3) is 2.67. The molecule has 1 aliphatic rings. The number of rotatable bonds is 1. The van der Waals surface area contributed by atoms with Gasteiger partial charge in [0.15, 0.2) is 0 Å². The smallest absolute Gasteiger partial charge is 0.308 e. The Bertz CT molecular complexity index is 140. The molecule has 0 radical (unpaired) electrons. The average molecular weight is 180 g/mol. The quantitative estimate of drug-likeness (QED) is 0.604. The van der Waals surface area contributed by atoms with Gasteiger partial charge in [-0.25, -0.2) is 0 Å². The number of halogens is 1. The standard InChI is InChI=1S/C7H13NO2.ClH/c1-10-7(9)5-2-3-6(8)4-5;/h5-6H,2-4,8H2,1H3;1H/t5-,6-;/m1./s1. The first kappa shape index (κ1) is 10.7. The summed E-state index contributed by atoms with van der Waals surface area (Å²) >= 11 is 0. The van der Waals surface area contributed by atoms with Gasteiger partial charge < -0.3 is 10.5 Å². The molecule has 1 aliphatic carbocycles. The van der Waals surface area contributed by atoms with Gasteiger partial charge in [-0.15, -0.1) is 12.4 Å². The number of esters is 1. The fraction of sp³-hybridized carbons (Fsp3) is 0.857. The molecule has 0 aromatic heterocycles. The van der Waals surface area contributed by atoms with Gasteiger partial charge in [0.1, 0.15) is 0 Å². The highest BCUT2D eigenvalue weighted by Gasteiger charge is 2.27. The molecule has 0 spiro atoms. The zero-order valence-corrected chi connectivity index (χ0v) is 7.39. The summed E-state index contributed by atoms with van der Waals surface area (Å²) in [5, 5.41) is 0. The van der Waals surface area contributed by atoms with E-state index in [2.05, 4.69) is 4.74 Å². The second-order valence-corrected chi connectivity index (χ2v) is 2.79. The number of carbonyl (C=O) groups is 1. The molecular weight excluding hydrogens is 166 g/mol. The Morgan fingerprint density at radius 1 is 1.55 bits per heavy atom. The molecule has 11 heavy (non-hydrogen) atoms. The number of nitrogens with two attached hydrogens (primary N) is 1. The van der Waals surface area contributed by atoms with Crippen LogP contribution in [-0.2, 0) is 9.53 Å². The first-order chi connectivity index (χ1) is 4.74. The third-order valence-electron chi connectivity index (χ3n) is 2.01. The van der Waals surface area contributed by atoms with E-state index in [9.17, 15) is 4.79 Å². The van der Waals surface area contributed by atoms with Crippen molar-refractivity contribution in [2.45, 2.75) is 25.3 Å². The molecular formula is C7H14ClNO2. The number of methoxy groups -OCH3 is 1. The van der Waals surface area contributed by atoms with Crippen LogP contribution in [0.25, 0.3) is 0 Å². The van der Waals surface area contributed by atoms with E-state index < -0.39 is 0 Å². The molecule has 0 aromatic rings. The van der Waals surface area contributed by atoms with Gasteiger partial charge in [-0.2, -0.15) is 0 Å². The Labute approximate surface area is 72.7 Å². The summed E-state index contributed by atoms with van der Waals surface area (Å²) in [5.41, 5.74) is 5.61. The third-order valence-corrected chi connectivity index (χ3v) is 2.01. The van der Waals surface area contributed by atoms with E-state index >= 15 is 0 Å². The Balaban J connectivity index is 0.000001000. The van der Waals surface area contributed by atoms with Crippen LogP contribution in [0.1, 0.15) is 19.3 Å². The second-order valence-electron chi connectivity index (χ2n) is 2.79. The Hall–Kier alpha value is -0.280. The molecule has 0 amide bonds. The maximum absolute atomic E-state index is 10.9. The number of carbonyl (C=O) groups excluding carboxylic acids is 1. The Morgan fingerprint density at radius 2 is 2.18 bits per heavy atom. The highest BCUT2D eigenvalue weighted by atomic mass is 35.5. The van der Waals surface area contributed by atoms with Crippen molar-refractivity contribution >= 4 is 18.4 Å². The molecule has 4 heteroatoms. The van der Waals surface area contributed by atoms with Crippen molar-refractivity contribution in [1.82, 2.24) is 0 Å². The molecule has 66 valence electrons. The van der Waals surface area contributed by atoms with Gasteiger partial charge in [-0.3, -0.25) is 4.79 Å². The molecule has 3 nitrogen and oxygen atoms in total. The van der Waals surface area contributed by atoms with E-state index in [1.807, 2.05) is 0 Å². The molecule has 0 saturated heterocycles. The highest BCUT2D eigenvalue weighted by Crippen LogP contribution is 2.24. The maximum atomic E-state index is 10.9. The van der Waals surface area contributed by atoms with E-state index in [1.165, 1.54) is 7.11 Å². The largest absolute Gasteiger partial charge is 0.469 e. The summed E-state index contributed by atoms with van der Waals surface area (Å²) in [6.45, 7) is 0. The monoisotopic (exact) mass is 179 g/mol. The van der Waals surface area contributed by atoms with Crippen molar-refractivity contribution in [3.05, 3.63) is 0 Å². The summed E-state index contributed by atoms with van der Waals surface area (Å²) in [7, 11) is 1.42. The van der Waals surface area contributed by atoms with Gasteiger partial charge in [0, 0.05) is 6.04 Å². The van der Waals surface area contributed by atoms with E-state index in [0.717, 1.165) is 19.3 Å². The van der Waals surface area contributed by atoms with Gasteiger partial charge in [-0.05, 0) is 19.3 Å². The van der Waals surface area contributed by atoms with Crippen LogP contribution in [0.2, 0.25) is 0 Å². The van der Waals surface area contributed by atoms with Crippen LogP contribution in [0.15, 0.2) is 0 Å². The molecule has 0 unspecified atom stereocenters. The fourth-order valence-electron chi connectivity index (χ4n) is 1.40. The minimum absolute atomic E-state index is 0. The minimum atomic E-state index is -0.104. The molecule has 1 fully saturated rings. The van der Waals surface area contributed by atoms with Crippen molar-refractivity contribution < 1.29 is 9.53 Å². The summed E-state index contributed by atoms with van der Waals surface area (Å²) in [6.07, 6.45) is 2.65. The van der Waals surface area contributed by atoms with Crippen LogP contribution in [0.4, 0.5) is 0 Å². The highest BCUT2D eigenvalue weighted by molar-refractivity contribution is 5.85. The zero-order chi connectivity index (χ0) is 7.56. The number of ether oxygens (including phenoxy) is 1.